The summed E-state index contributed by atoms with van der Waals surface area (Å²) in [6, 6.07) is 5.95. The van der Waals surface area contributed by atoms with Crippen molar-refractivity contribution in [1.29, 1.82) is 0 Å². The Balaban J connectivity index is 1.44. The molecule has 2 heterocycles. The number of urea groups is 1. The highest BCUT2D eigenvalue weighted by molar-refractivity contribution is 5.95. The predicted octanol–water partition coefficient (Wildman–Crippen LogP) is 5.24. The molecule has 2 N–H and O–H groups in total. The lowest BCUT2D eigenvalue weighted by Crippen LogP contribution is -2.37. The van der Waals surface area contributed by atoms with Crippen molar-refractivity contribution in [3.05, 3.63) is 30.0 Å². The molecule has 28 heavy (non-hydrogen) atoms. The van der Waals surface area contributed by atoms with Gasteiger partial charge in [-0.1, -0.05) is 26.2 Å². The van der Waals surface area contributed by atoms with Gasteiger partial charge in [0.05, 0.1) is 6.26 Å². The van der Waals surface area contributed by atoms with E-state index < -0.39 is 0 Å². The molecule has 1 aromatic heterocycles. The number of furan rings is 1. The van der Waals surface area contributed by atoms with Gasteiger partial charge in [-0.05, 0) is 75.9 Å². The summed E-state index contributed by atoms with van der Waals surface area (Å²) in [5, 5.41) is 1.14. The van der Waals surface area contributed by atoms with Crippen LogP contribution in [0.15, 0.2) is 28.9 Å². The Hall–Kier alpha value is -2.01. The fourth-order valence-electron chi connectivity index (χ4n) is 4.58. The second kappa shape index (κ2) is 8.56. The van der Waals surface area contributed by atoms with E-state index in [1.54, 1.807) is 4.90 Å². The van der Waals surface area contributed by atoms with E-state index in [-0.39, 0.29) is 12.1 Å². The van der Waals surface area contributed by atoms with Crippen LogP contribution in [0.25, 0.3) is 11.0 Å². The SMILES string of the molecule is CCCCCCN1CCC(c2coc3ccc(N(C(N)=O)C4CC4)cc23)CC1. The zero-order chi connectivity index (χ0) is 19.5. The summed E-state index contributed by atoms with van der Waals surface area (Å²) in [6.45, 7) is 5.83. The van der Waals surface area contributed by atoms with Gasteiger partial charge in [0.2, 0.25) is 0 Å². The van der Waals surface area contributed by atoms with Crippen LogP contribution in [0.5, 0.6) is 0 Å². The van der Waals surface area contributed by atoms with E-state index >= 15 is 0 Å². The number of piperidine rings is 1. The second-order valence-electron chi connectivity index (χ2n) is 8.49. The average Bonchev–Trinajstić information content (AvgIpc) is 3.43. The molecule has 1 saturated carbocycles. The van der Waals surface area contributed by atoms with Gasteiger partial charge in [-0.15, -0.1) is 0 Å². The van der Waals surface area contributed by atoms with Crippen molar-refractivity contribution in [2.24, 2.45) is 5.73 Å². The number of fused-ring (bicyclic) bond motifs is 1. The van der Waals surface area contributed by atoms with Gasteiger partial charge in [0, 0.05) is 22.7 Å². The summed E-state index contributed by atoms with van der Waals surface area (Å²) in [7, 11) is 0. The lowest BCUT2D eigenvalue weighted by molar-refractivity contribution is 0.208. The van der Waals surface area contributed by atoms with E-state index in [0.29, 0.717) is 5.92 Å². The molecule has 1 aliphatic heterocycles. The van der Waals surface area contributed by atoms with E-state index in [1.807, 2.05) is 18.4 Å². The van der Waals surface area contributed by atoms with E-state index in [2.05, 4.69) is 17.9 Å². The minimum atomic E-state index is -0.358. The molecule has 4 rings (SSSR count). The van der Waals surface area contributed by atoms with Crippen LogP contribution in [0.2, 0.25) is 0 Å². The molecule has 1 aromatic carbocycles. The Kier molecular flexibility index (Phi) is 5.90. The van der Waals surface area contributed by atoms with Crippen molar-refractivity contribution in [3.63, 3.8) is 0 Å². The number of anilines is 1. The molecule has 2 fully saturated rings. The van der Waals surface area contributed by atoms with Crippen molar-refractivity contribution in [3.8, 4) is 0 Å². The van der Waals surface area contributed by atoms with Gasteiger partial charge in [-0.25, -0.2) is 4.79 Å². The molecule has 0 atom stereocenters. The molecule has 5 heteroatoms. The summed E-state index contributed by atoms with van der Waals surface area (Å²) in [4.78, 5) is 16.3. The first-order chi connectivity index (χ1) is 13.7. The first-order valence-corrected chi connectivity index (χ1v) is 11.0. The van der Waals surface area contributed by atoms with E-state index in [4.69, 9.17) is 10.2 Å². The van der Waals surface area contributed by atoms with Crippen LogP contribution >= 0.6 is 0 Å². The number of benzene rings is 1. The van der Waals surface area contributed by atoms with E-state index in [1.165, 1.54) is 63.7 Å². The maximum atomic E-state index is 11.9. The summed E-state index contributed by atoms with van der Waals surface area (Å²) in [5.41, 5.74) is 8.74. The highest BCUT2D eigenvalue weighted by atomic mass is 16.3. The molecule has 0 radical (unpaired) electrons. The molecule has 0 unspecified atom stereocenters. The number of amides is 2. The lowest BCUT2D eigenvalue weighted by Gasteiger charge is -2.31. The minimum absolute atomic E-state index is 0.265. The van der Waals surface area contributed by atoms with E-state index in [0.717, 1.165) is 29.5 Å². The van der Waals surface area contributed by atoms with Gasteiger partial charge in [0.25, 0.3) is 0 Å². The van der Waals surface area contributed by atoms with Gasteiger partial charge < -0.3 is 15.1 Å². The van der Waals surface area contributed by atoms with Crippen LogP contribution in [-0.4, -0.2) is 36.6 Å². The van der Waals surface area contributed by atoms with Crippen LogP contribution in [0.4, 0.5) is 10.5 Å². The van der Waals surface area contributed by atoms with Crippen LogP contribution in [0.3, 0.4) is 0 Å². The largest absolute Gasteiger partial charge is 0.464 e. The molecule has 2 aromatic rings. The number of primary amides is 1. The number of rotatable bonds is 8. The lowest BCUT2D eigenvalue weighted by atomic mass is 9.89. The number of nitrogens with two attached hydrogens (primary N) is 1. The standard InChI is InChI=1S/C23H33N3O2/c1-2-3-4-5-12-25-13-10-17(11-14-25)21-16-28-22-9-8-19(15-20(21)22)26(23(24)27)18-6-7-18/h8-9,15-18H,2-7,10-14H2,1H3,(H2,24,27). The Bertz CT molecular complexity index is 803. The Morgan fingerprint density at radius 3 is 2.64 bits per heavy atom. The van der Waals surface area contributed by atoms with Gasteiger partial charge in [-0.2, -0.15) is 0 Å². The topological polar surface area (TPSA) is 62.7 Å². The zero-order valence-electron chi connectivity index (χ0n) is 17.0. The summed E-state index contributed by atoms with van der Waals surface area (Å²) < 4.78 is 5.84. The number of hydrogen-bond donors (Lipinski definition) is 1. The van der Waals surface area contributed by atoms with Gasteiger partial charge in [-0.3, -0.25) is 4.90 Å². The molecular weight excluding hydrogens is 350 g/mol. The third-order valence-corrected chi connectivity index (χ3v) is 6.37. The number of hydrogen-bond acceptors (Lipinski definition) is 3. The normalized spacial score (nSPS) is 18.6. The van der Waals surface area contributed by atoms with Crippen molar-refractivity contribution in [2.75, 3.05) is 24.5 Å². The number of carbonyl (C=O) groups excluding carboxylic acids is 1. The fourth-order valence-corrected chi connectivity index (χ4v) is 4.58. The highest BCUT2D eigenvalue weighted by Crippen LogP contribution is 2.38. The number of nitrogens with zero attached hydrogens (tertiary/aromatic N) is 2. The second-order valence-corrected chi connectivity index (χ2v) is 8.49. The summed E-state index contributed by atoms with van der Waals surface area (Å²) in [5.74, 6) is 0.534. The first-order valence-electron chi connectivity index (χ1n) is 11.0. The molecule has 1 saturated heterocycles. The maximum Gasteiger partial charge on any atom is 0.319 e. The predicted molar refractivity (Wildman–Crippen MR) is 114 cm³/mol. The van der Waals surface area contributed by atoms with Crippen molar-refractivity contribution >= 4 is 22.7 Å². The first kappa shape index (κ1) is 19.3. The molecular formula is C23H33N3O2. The summed E-state index contributed by atoms with van der Waals surface area (Å²) in [6.07, 6.45) is 11.7. The van der Waals surface area contributed by atoms with Crippen LogP contribution in [-0.2, 0) is 0 Å². The van der Waals surface area contributed by atoms with Gasteiger partial charge >= 0.3 is 6.03 Å². The molecule has 0 bridgehead atoms. The Labute approximate surface area is 167 Å². The van der Waals surface area contributed by atoms with Gasteiger partial charge in [0.15, 0.2) is 0 Å². The molecule has 2 amide bonds. The summed E-state index contributed by atoms with van der Waals surface area (Å²) >= 11 is 0. The van der Waals surface area contributed by atoms with Crippen LogP contribution in [0, 0.1) is 0 Å². The van der Waals surface area contributed by atoms with Crippen molar-refractivity contribution in [1.82, 2.24) is 4.90 Å². The number of unbranched alkanes of at least 4 members (excludes halogenated alkanes) is 3. The van der Waals surface area contributed by atoms with Crippen LogP contribution in [0.1, 0.15) is 69.8 Å². The molecule has 2 aliphatic rings. The third kappa shape index (κ3) is 4.19. The molecule has 1 aliphatic carbocycles. The quantitative estimate of drug-likeness (QED) is 0.634. The minimum Gasteiger partial charge on any atom is -0.464 e. The molecule has 152 valence electrons. The van der Waals surface area contributed by atoms with Crippen molar-refractivity contribution < 1.29 is 9.21 Å². The molecule has 5 nitrogen and oxygen atoms in total. The zero-order valence-corrected chi connectivity index (χ0v) is 17.0. The number of carbonyl (C=O) groups is 1. The van der Waals surface area contributed by atoms with E-state index in [9.17, 15) is 4.79 Å². The smallest absolute Gasteiger partial charge is 0.319 e. The van der Waals surface area contributed by atoms with Crippen LogP contribution < -0.4 is 10.6 Å². The van der Waals surface area contributed by atoms with Gasteiger partial charge in [0.1, 0.15) is 5.58 Å². The Morgan fingerprint density at radius 1 is 1.18 bits per heavy atom. The monoisotopic (exact) mass is 383 g/mol. The average molecular weight is 384 g/mol. The third-order valence-electron chi connectivity index (χ3n) is 6.37. The van der Waals surface area contributed by atoms with Crippen molar-refractivity contribution in [2.45, 2.75) is 70.3 Å². The Morgan fingerprint density at radius 2 is 1.96 bits per heavy atom. The molecule has 0 spiro atoms. The number of likely N-dealkylation sites (tertiary alicyclic amines) is 1. The highest BCUT2D eigenvalue weighted by Gasteiger charge is 2.33. The maximum absolute atomic E-state index is 11.9. The fraction of sp³-hybridized carbons (Fsp3) is 0.609.